The van der Waals surface area contributed by atoms with E-state index in [1.54, 1.807) is 12.1 Å². The average molecular weight is 201 g/mol. The predicted molar refractivity (Wildman–Crippen MR) is 63.0 cm³/mol. The Morgan fingerprint density at radius 3 is 2.67 bits per heavy atom. The summed E-state index contributed by atoms with van der Waals surface area (Å²) in [6.07, 6.45) is 5.06. The Kier molecular flexibility index (Phi) is 2.77. The first-order valence-corrected chi connectivity index (χ1v) is 5.33. The SMILES string of the molecule is [C-]#[N+]c1ccc(NC2CCCC2)c(N)c1. The third-order valence-electron chi connectivity index (χ3n) is 2.88. The number of anilines is 2. The van der Waals surface area contributed by atoms with Crippen LogP contribution in [0.2, 0.25) is 0 Å². The van der Waals surface area contributed by atoms with E-state index in [0.717, 1.165) is 5.69 Å². The molecule has 3 N–H and O–H groups in total. The number of nitrogens with one attached hydrogen (secondary N) is 1. The molecule has 0 atom stereocenters. The average Bonchev–Trinajstić information content (AvgIpc) is 2.74. The van der Waals surface area contributed by atoms with Crippen molar-refractivity contribution in [2.75, 3.05) is 11.1 Å². The molecule has 3 heteroatoms. The van der Waals surface area contributed by atoms with Crippen LogP contribution in [0.3, 0.4) is 0 Å². The minimum Gasteiger partial charge on any atom is -0.398 e. The van der Waals surface area contributed by atoms with Crippen molar-refractivity contribution in [3.63, 3.8) is 0 Å². The summed E-state index contributed by atoms with van der Waals surface area (Å²) in [7, 11) is 0. The molecule has 0 aliphatic heterocycles. The quantitative estimate of drug-likeness (QED) is 0.570. The highest BCUT2D eigenvalue weighted by Gasteiger charge is 2.15. The number of nitrogens with two attached hydrogens (primary N) is 1. The van der Waals surface area contributed by atoms with Crippen molar-refractivity contribution in [3.05, 3.63) is 29.6 Å². The lowest BCUT2D eigenvalue weighted by atomic mass is 10.2. The van der Waals surface area contributed by atoms with Gasteiger partial charge in [-0.25, -0.2) is 4.85 Å². The normalized spacial score (nSPS) is 16.2. The summed E-state index contributed by atoms with van der Waals surface area (Å²) in [5.41, 5.74) is 8.11. The molecule has 0 heterocycles. The second kappa shape index (κ2) is 4.22. The highest BCUT2D eigenvalue weighted by Crippen LogP contribution is 2.28. The topological polar surface area (TPSA) is 42.4 Å². The standard InChI is InChI=1S/C12H15N3/c1-14-10-6-7-12(11(13)8-10)15-9-4-2-3-5-9/h6-9,15H,2-5,13H2. The van der Waals surface area contributed by atoms with E-state index >= 15 is 0 Å². The van der Waals surface area contributed by atoms with Crippen LogP contribution < -0.4 is 11.1 Å². The summed E-state index contributed by atoms with van der Waals surface area (Å²) in [5, 5.41) is 3.43. The molecule has 0 spiro atoms. The Bertz CT molecular complexity index is 386. The van der Waals surface area contributed by atoms with Crippen LogP contribution >= 0.6 is 0 Å². The van der Waals surface area contributed by atoms with Crippen LogP contribution in [-0.2, 0) is 0 Å². The van der Waals surface area contributed by atoms with Gasteiger partial charge in [-0.1, -0.05) is 18.9 Å². The van der Waals surface area contributed by atoms with Gasteiger partial charge < -0.3 is 11.1 Å². The van der Waals surface area contributed by atoms with E-state index in [1.165, 1.54) is 25.7 Å². The molecule has 0 amide bonds. The summed E-state index contributed by atoms with van der Waals surface area (Å²) >= 11 is 0. The molecule has 0 radical (unpaired) electrons. The Morgan fingerprint density at radius 1 is 1.33 bits per heavy atom. The second-order valence-electron chi connectivity index (χ2n) is 4.01. The Labute approximate surface area is 90.1 Å². The van der Waals surface area contributed by atoms with E-state index in [2.05, 4.69) is 10.2 Å². The fraction of sp³-hybridized carbons (Fsp3) is 0.417. The lowest BCUT2D eigenvalue weighted by Gasteiger charge is -2.15. The van der Waals surface area contributed by atoms with Gasteiger partial charge in [0.15, 0.2) is 5.69 Å². The summed E-state index contributed by atoms with van der Waals surface area (Å²) in [6.45, 7) is 6.88. The highest BCUT2D eigenvalue weighted by molar-refractivity contribution is 5.72. The van der Waals surface area contributed by atoms with E-state index in [1.807, 2.05) is 6.07 Å². The molecular formula is C12H15N3. The van der Waals surface area contributed by atoms with Gasteiger partial charge in [0.2, 0.25) is 0 Å². The van der Waals surface area contributed by atoms with Crippen molar-refractivity contribution in [1.29, 1.82) is 0 Å². The highest BCUT2D eigenvalue weighted by atomic mass is 14.9. The minimum absolute atomic E-state index is 0.561. The maximum absolute atomic E-state index is 6.88. The molecule has 0 unspecified atom stereocenters. The summed E-state index contributed by atoms with van der Waals surface area (Å²) in [6, 6.07) is 6.00. The van der Waals surface area contributed by atoms with Gasteiger partial charge in [-0.05, 0) is 25.0 Å². The molecule has 0 saturated heterocycles. The van der Waals surface area contributed by atoms with E-state index in [0.29, 0.717) is 17.4 Å². The Balaban J connectivity index is 2.11. The zero-order valence-electron chi connectivity index (χ0n) is 8.66. The van der Waals surface area contributed by atoms with Crippen LogP contribution in [0.4, 0.5) is 17.1 Å². The van der Waals surface area contributed by atoms with Gasteiger partial charge in [-0.2, -0.15) is 0 Å². The van der Waals surface area contributed by atoms with Crippen LogP contribution in [-0.4, -0.2) is 6.04 Å². The predicted octanol–water partition coefficient (Wildman–Crippen LogP) is 3.17. The van der Waals surface area contributed by atoms with Crippen LogP contribution in [0.25, 0.3) is 4.85 Å². The zero-order chi connectivity index (χ0) is 10.7. The fourth-order valence-corrected chi connectivity index (χ4v) is 2.04. The van der Waals surface area contributed by atoms with Crippen molar-refractivity contribution in [1.82, 2.24) is 0 Å². The van der Waals surface area contributed by atoms with Gasteiger partial charge in [0, 0.05) is 11.7 Å². The maximum atomic E-state index is 6.88. The van der Waals surface area contributed by atoms with E-state index in [4.69, 9.17) is 12.3 Å². The van der Waals surface area contributed by atoms with Gasteiger partial charge in [0.05, 0.1) is 12.3 Å². The van der Waals surface area contributed by atoms with Crippen LogP contribution in [0.15, 0.2) is 18.2 Å². The van der Waals surface area contributed by atoms with Gasteiger partial charge >= 0.3 is 0 Å². The van der Waals surface area contributed by atoms with Crippen molar-refractivity contribution in [2.45, 2.75) is 31.7 Å². The zero-order valence-corrected chi connectivity index (χ0v) is 8.66. The number of rotatable bonds is 2. The van der Waals surface area contributed by atoms with Crippen LogP contribution in [0.5, 0.6) is 0 Å². The summed E-state index contributed by atoms with van der Waals surface area (Å²) < 4.78 is 0. The number of hydrogen-bond donors (Lipinski definition) is 2. The van der Waals surface area contributed by atoms with Gasteiger partial charge in [-0.15, -0.1) is 0 Å². The molecule has 1 aromatic rings. The number of benzene rings is 1. The second-order valence-corrected chi connectivity index (χ2v) is 4.01. The van der Waals surface area contributed by atoms with E-state index in [9.17, 15) is 0 Å². The van der Waals surface area contributed by atoms with Crippen molar-refractivity contribution in [2.24, 2.45) is 0 Å². The molecule has 0 bridgehead atoms. The lowest BCUT2D eigenvalue weighted by molar-refractivity contribution is 0.756. The lowest BCUT2D eigenvalue weighted by Crippen LogP contribution is -2.15. The molecular weight excluding hydrogens is 186 g/mol. The van der Waals surface area contributed by atoms with Gasteiger partial charge in [0.1, 0.15) is 0 Å². The van der Waals surface area contributed by atoms with Crippen molar-refractivity contribution in [3.8, 4) is 0 Å². The first-order valence-electron chi connectivity index (χ1n) is 5.33. The molecule has 78 valence electrons. The molecule has 3 nitrogen and oxygen atoms in total. The molecule has 1 aromatic carbocycles. The monoisotopic (exact) mass is 201 g/mol. The first-order chi connectivity index (χ1) is 7.29. The van der Waals surface area contributed by atoms with Gasteiger partial charge in [-0.3, -0.25) is 0 Å². The van der Waals surface area contributed by atoms with E-state index < -0.39 is 0 Å². The Hall–Kier alpha value is -1.69. The van der Waals surface area contributed by atoms with Crippen molar-refractivity contribution < 1.29 is 0 Å². The molecule has 0 aromatic heterocycles. The minimum atomic E-state index is 0.561. The summed E-state index contributed by atoms with van der Waals surface area (Å²) in [4.78, 5) is 3.35. The third kappa shape index (κ3) is 2.21. The number of nitrogens with zero attached hydrogens (tertiary/aromatic N) is 1. The molecule has 1 aliphatic carbocycles. The molecule has 1 saturated carbocycles. The smallest absolute Gasteiger partial charge is 0.189 e. The largest absolute Gasteiger partial charge is 0.398 e. The van der Waals surface area contributed by atoms with Gasteiger partial charge in [0.25, 0.3) is 0 Å². The van der Waals surface area contributed by atoms with E-state index in [-0.39, 0.29) is 0 Å². The van der Waals surface area contributed by atoms with Crippen LogP contribution in [0.1, 0.15) is 25.7 Å². The molecule has 15 heavy (non-hydrogen) atoms. The molecule has 1 aliphatic rings. The van der Waals surface area contributed by atoms with Crippen LogP contribution in [0, 0.1) is 6.57 Å². The Morgan fingerprint density at radius 2 is 2.07 bits per heavy atom. The maximum Gasteiger partial charge on any atom is 0.189 e. The van der Waals surface area contributed by atoms with Crippen molar-refractivity contribution >= 4 is 17.1 Å². The number of nitrogen functional groups attached to an aromatic ring is 1. The molecule has 2 rings (SSSR count). The fourth-order valence-electron chi connectivity index (χ4n) is 2.04. The third-order valence-corrected chi connectivity index (χ3v) is 2.88. The molecule has 1 fully saturated rings. The summed E-state index contributed by atoms with van der Waals surface area (Å²) in [5.74, 6) is 0. The first kappa shape index (κ1) is 9.85. The number of hydrogen-bond acceptors (Lipinski definition) is 2.